The summed E-state index contributed by atoms with van der Waals surface area (Å²) in [5.74, 6) is -0.471. The number of hydrogen-bond acceptors (Lipinski definition) is 4. The SMILES string of the molecule is Cc1ccccc1-n1c(S[C@@H](C)C(N)=O)nc2cc(Cl)ccc2c1=O. The zero-order valence-corrected chi connectivity index (χ0v) is 15.3. The lowest BCUT2D eigenvalue weighted by atomic mass is 10.2. The van der Waals surface area contributed by atoms with E-state index in [0.29, 0.717) is 21.1 Å². The van der Waals surface area contributed by atoms with Gasteiger partial charge in [0.05, 0.1) is 21.8 Å². The summed E-state index contributed by atoms with van der Waals surface area (Å²) < 4.78 is 1.52. The van der Waals surface area contributed by atoms with Gasteiger partial charge in [-0.15, -0.1) is 0 Å². The van der Waals surface area contributed by atoms with Gasteiger partial charge in [0.2, 0.25) is 5.91 Å². The van der Waals surface area contributed by atoms with Crippen LogP contribution in [-0.4, -0.2) is 20.7 Å². The van der Waals surface area contributed by atoms with E-state index < -0.39 is 11.2 Å². The van der Waals surface area contributed by atoms with Gasteiger partial charge in [0.1, 0.15) is 0 Å². The van der Waals surface area contributed by atoms with Crippen molar-refractivity contribution in [3.05, 3.63) is 63.4 Å². The lowest BCUT2D eigenvalue weighted by Gasteiger charge is -2.16. The summed E-state index contributed by atoms with van der Waals surface area (Å²) >= 11 is 7.18. The molecule has 0 saturated carbocycles. The summed E-state index contributed by atoms with van der Waals surface area (Å²) in [6, 6.07) is 12.5. The Morgan fingerprint density at radius 3 is 2.68 bits per heavy atom. The number of amides is 1. The van der Waals surface area contributed by atoms with Crippen molar-refractivity contribution in [2.45, 2.75) is 24.3 Å². The van der Waals surface area contributed by atoms with E-state index in [1.807, 2.05) is 31.2 Å². The highest BCUT2D eigenvalue weighted by Crippen LogP contribution is 2.26. The zero-order valence-electron chi connectivity index (χ0n) is 13.7. The highest BCUT2D eigenvalue weighted by molar-refractivity contribution is 8.00. The van der Waals surface area contributed by atoms with E-state index in [1.54, 1.807) is 25.1 Å². The van der Waals surface area contributed by atoms with Crippen molar-refractivity contribution in [3.8, 4) is 5.69 Å². The molecule has 7 heteroatoms. The zero-order chi connectivity index (χ0) is 18.1. The Labute approximate surface area is 153 Å². The normalized spacial score (nSPS) is 12.3. The first-order chi connectivity index (χ1) is 11.9. The molecule has 0 aliphatic carbocycles. The van der Waals surface area contributed by atoms with Gasteiger partial charge in [-0.3, -0.25) is 14.2 Å². The van der Waals surface area contributed by atoms with Crippen LogP contribution >= 0.6 is 23.4 Å². The fraction of sp³-hybridized carbons (Fsp3) is 0.167. The number of thioether (sulfide) groups is 1. The van der Waals surface area contributed by atoms with Crippen molar-refractivity contribution in [3.63, 3.8) is 0 Å². The number of carbonyl (C=O) groups excluding carboxylic acids is 1. The first kappa shape index (κ1) is 17.5. The molecule has 0 aliphatic rings. The predicted molar refractivity (Wildman–Crippen MR) is 102 cm³/mol. The van der Waals surface area contributed by atoms with E-state index >= 15 is 0 Å². The molecule has 0 bridgehead atoms. The van der Waals surface area contributed by atoms with E-state index in [-0.39, 0.29) is 5.56 Å². The van der Waals surface area contributed by atoms with Gasteiger partial charge in [-0.1, -0.05) is 41.6 Å². The third kappa shape index (κ3) is 3.41. The van der Waals surface area contributed by atoms with Crippen LogP contribution in [0.4, 0.5) is 0 Å². The second-order valence-electron chi connectivity index (χ2n) is 5.65. The molecule has 2 aromatic carbocycles. The van der Waals surface area contributed by atoms with Crippen LogP contribution in [0.2, 0.25) is 5.02 Å². The van der Waals surface area contributed by atoms with Crippen molar-refractivity contribution in [2.24, 2.45) is 5.73 Å². The lowest BCUT2D eigenvalue weighted by Crippen LogP contribution is -2.26. The molecule has 0 radical (unpaired) electrons. The van der Waals surface area contributed by atoms with Gasteiger partial charge < -0.3 is 5.73 Å². The second-order valence-corrected chi connectivity index (χ2v) is 7.39. The Kier molecular flexibility index (Phi) is 4.83. The van der Waals surface area contributed by atoms with Crippen LogP contribution in [0.25, 0.3) is 16.6 Å². The van der Waals surface area contributed by atoms with Crippen LogP contribution in [0.15, 0.2) is 52.4 Å². The molecule has 0 unspecified atom stereocenters. The predicted octanol–water partition coefficient (Wildman–Crippen LogP) is 3.31. The Hall–Kier alpha value is -2.31. The van der Waals surface area contributed by atoms with Crippen LogP contribution in [-0.2, 0) is 4.79 Å². The van der Waals surface area contributed by atoms with E-state index in [4.69, 9.17) is 17.3 Å². The summed E-state index contributed by atoms with van der Waals surface area (Å²) in [5, 5.41) is 0.829. The molecule has 1 aromatic heterocycles. The molecule has 0 aliphatic heterocycles. The third-order valence-electron chi connectivity index (χ3n) is 3.84. The van der Waals surface area contributed by atoms with Crippen molar-refractivity contribution >= 4 is 40.2 Å². The van der Waals surface area contributed by atoms with Crippen LogP contribution < -0.4 is 11.3 Å². The summed E-state index contributed by atoms with van der Waals surface area (Å²) in [5.41, 5.74) is 7.30. The third-order valence-corrected chi connectivity index (χ3v) is 5.15. The molecule has 2 N–H and O–H groups in total. The van der Waals surface area contributed by atoms with E-state index in [9.17, 15) is 9.59 Å². The van der Waals surface area contributed by atoms with Crippen LogP contribution in [0, 0.1) is 6.92 Å². The smallest absolute Gasteiger partial charge is 0.266 e. The van der Waals surface area contributed by atoms with Gasteiger partial charge >= 0.3 is 0 Å². The number of benzene rings is 2. The first-order valence-electron chi connectivity index (χ1n) is 7.63. The monoisotopic (exact) mass is 373 g/mol. The Morgan fingerprint density at radius 2 is 2.00 bits per heavy atom. The lowest BCUT2D eigenvalue weighted by molar-refractivity contribution is -0.117. The minimum Gasteiger partial charge on any atom is -0.369 e. The van der Waals surface area contributed by atoms with Crippen molar-refractivity contribution in [2.75, 3.05) is 0 Å². The number of para-hydroxylation sites is 1. The number of carbonyl (C=O) groups is 1. The van der Waals surface area contributed by atoms with Crippen LogP contribution in [0.1, 0.15) is 12.5 Å². The van der Waals surface area contributed by atoms with Gasteiger partial charge in [0.15, 0.2) is 5.16 Å². The molecule has 1 heterocycles. The number of aromatic nitrogens is 2. The Morgan fingerprint density at radius 1 is 1.28 bits per heavy atom. The second kappa shape index (κ2) is 6.90. The summed E-state index contributed by atoms with van der Waals surface area (Å²) in [6.07, 6.45) is 0. The largest absolute Gasteiger partial charge is 0.369 e. The molecule has 25 heavy (non-hydrogen) atoms. The molecule has 5 nitrogen and oxygen atoms in total. The minimum atomic E-state index is -0.529. The molecule has 3 rings (SSSR count). The van der Waals surface area contributed by atoms with E-state index in [0.717, 1.165) is 23.0 Å². The van der Waals surface area contributed by atoms with Crippen LogP contribution in [0.3, 0.4) is 0 Å². The van der Waals surface area contributed by atoms with Gasteiger partial charge in [0, 0.05) is 5.02 Å². The number of aryl methyl sites for hydroxylation is 1. The highest BCUT2D eigenvalue weighted by atomic mass is 35.5. The van der Waals surface area contributed by atoms with Gasteiger partial charge in [0.25, 0.3) is 5.56 Å². The average Bonchev–Trinajstić information content (AvgIpc) is 2.56. The van der Waals surface area contributed by atoms with Gasteiger partial charge in [-0.2, -0.15) is 0 Å². The molecule has 1 atom stereocenters. The topological polar surface area (TPSA) is 78.0 Å². The average molecular weight is 374 g/mol. The highest BCUT2D eigenvalue weighted by Gasteiger charge is 2.19. The molecule has 0 fully saturated rings. The fourth-order valence-electron chi connectivity index (χ4n) is 2.46. The van der Waals surface area contributed by atoms with Crippen molar-refractivity contribution in [1.29, 1.82) is 0 Å². The summed E-state index contributed by atoms with van der Waals surface area (Å²) in [4.78, 5) is 29.2. The molecule has 3 aromatic rings. The van der Waals surface area contributed by atoms with Crippen LogP contribution in [0.5, 0.6) is 0 Å². The van der Waals surface area contributed by atoms with Crippen molar-refractivity contribution in [1.82, 2.24) is 9.55 Å². The number of nitrogens with zero attached hydrogens (tertiary/aromatic N) is 2. The first-order valence-corrected chi connectivity index (χ1v) is 8.88. The number of rotatable bonds is 4. The maximum atomic E-state index is 13.1. The molecule has 0 spiro atoms. The van der Waals surface area contributed by atoms with Gasteiger partial charge in [-0.05, 0) is 43.7 Å². The molecule has 0 saturated heterocycles. The summed E-state index contributed by atoms with van der Waals surface area (Å²) in [6.45, 7) is 3.60. The Bertz CT molecular complexity index is 1030. The number of primary amides is 1. The van der Waals surface area contributed by atoms with Crippen molar-refractivity contribution < 1.29 is 4.79 Å². The Balaban J connectivity index is 2.34. The standard InChI is InChI=1S/C18H16ClN3O2S/c1-10-5-3-4-6-15(10)22-17(24)13-8-7-12(19)9-14(13)21-18(22)25-11(2)16(20)23/h3-9,11H,1-2H3,(H2,20,23)/t11-/m0/s1. The van der Waals surface area contributed by atoms with E-state index in [1.165, 1.54) is 4.57 Å². The number of halogens is 1. The molecule has 1 amide bonds. The molecular weight excluding hydrogens is 358 g/mol. The quantitative estimate of drug-likeness (QED) is 0.562. The van der Waals surface area contributed by atoms with E-state index in [2.05, 4.69) is 4.98 Å². The maximum absolute atomic E-state index is 13.1. The summed E-state index contributed by atoms with van der Waals surface area (Å²) in [7, 11) is 0. The minimum absolute atomic E-state index is 0.213. The fourth-order valence-corrected chi connectivity index (χ4v) is 3.50. The number of hydrogen-bond donors (Lipinski definition) is 1. The number of fused-ring (bicyclic) bond motifs is 1. The molecular formula is C18H16ClN3O2S. The molecule has 128 valence electrons. The number of nitrogens with two attached hydrogens (primary N) is 1. The maximum Gasteiger partial charge on any atom is 0.266 e. The van der Waals surface area contributed by atoms with Gasteiger partial charge in [-0.25, -0.2) is 4.98 Å².